The summed E-state index contributed by atoms with van der Waals surface area (Å²) < 4.78 is 0. The molecule has 1 aromatic carbocycles. The molecular weight excluding hydrogens is 216 g/mol. The number of carbonyl (C=O) groups is 2. The van der Waals surface area contributed by atoms with Gasteiger partial charge in [-0.15, -0.1) is 0 Å². The van der Waals surface area contributed by atoms with Crippen LogP contribution in [-0.4, -0.2) is 11.8 Å². The summed E-state index contributed by atoms with van der Waals surface area (Å²) in [5, 5.41) is 5.53. The highest BCUT2D eigenvalue weighted by atomic mass is 16.2. The first-order valence-corrected chi connectivity index (χ1v) is 5.77. The standard InChI is InChI=1S/C13H18N2O2/c1-4-10-6-7-11(14-9(3)16)8-12(10)15-13(17)5-2/h6-8H,4-5H2,1-3H3,(H,14,16)(H,15,17). The van der Waals surface area contributed by atoms with Crippen molar-refractivity contribution < 1.29 is 9.59 Å². The van der Waals surface area contributed by atoms with E-state index in [4.69, 9.17) is 0 Å². The Morgan fingerprint density at radius 1 is 1.18 bits per heavy atom. The van der Waals surface area contributed by atoms with Crippen LogP contribution in [0.2, 0.25) is 0 Å². The van der Waals surface area contributed by atoms with Crippen LogP contribution in [0.25, 0.3) is 0 Å². The van der Waals surface area contributed by atoms with Gasteiger partial charge in [-0.1, -0.05) is 19.9 Å². The second kappa shape index (κ2) is 6.03. The van der Waals surface area contributed by atoms with Crippen molar-refractivity contribution in [3.05, 3.63) is 23.8 Å². The first-order chi connectivity index (χ1) is 8.06. The topological polar surface area (TPSA) is 58.2 Å². The van der Waals surface area contributed by atoms with Gasteiger partial charge in [0.1, 0.15) is 0 Å². The Hall–Kier alpha value is -1.84. The van der Waals surface area contributed by atoms with Gasteiger partial charge in [0.2, 0.25) is 11.8 Å². The smallest absolute Gasteiger partial charge is 0.224 e. The van der Waals surface area contributed by atoms with E-state index in [1.165, 1.54) is 6.92 Å². The number of hydrogen-bond acceptors (Lipinski definition) is 2. The van der Waals surface area contributed by atoms with E-state index in [-0.39, 0.29) is 11.8 Å². The second-order valence-corrected chi connectivity index (χ2v) is 3.81. The Kier molecular flexibility index (Phi) is 4.69. The van der Waals surface area contributed by atoms with Crippen LogP contribution in [0.4, 0.5) is 11.4 Å². The van der Waals surface area contributed by atoms with Crippen molar-refractivity contribution in [2.45, 2.75) is 33.6 Å². The lowest BCUT2D eigenvalue weighted by Crippen LogP contribution is -2.12. The fourth-order valence-corrected chi connectivity index (χ4v) is 1.52. The van der Waals surface area contributed by atoms with Crippen LogP contribution < -0.4 is 10.6 Å². The van der Waals surface area contributed by atoms with E-state index in [1.54, 1.807) is 13.0 Å². The third-order valence-electron chi connectivity index (χ3n) is 2.41. The molecule has 0 aliphatic carbocycles. The number of carbonyl (C=O) groups excluding carboxylic acids is 2. The van der Waals surface area contributed by atoms with Crippen molar-refractivity contribution in [3.63, 3.8) is 0 Å². The van der Waals surface area contributed by atoms with E-state index in [0.29, 0.717) is 12.1 Å². The van der Waals surface area contributed by atoms with Crippen LogP contribution in [0, 0.1) is 0 Å². The van der Waals surface area contributed by atoms with Crippen LogP contribution in [0.1, 0.15) is 32.8 Å². The van der Waals surface area contributed by atoms with Gasteiger partial charge in [0.25, 0.3) is 0 Å². The number of aryl methyl sites for hydroxylation is 1. The number of amides is 2. The molecule has 17 heavy (non-hydrogen) atoms. The fourth-order valence-electron chi connectivity index (χ4n) is 1.52. The van der Waals surface area contributed by atoms with Crippen LogP contribution in [0.5, 0.6) is 0 Å². The normalized spacial score (nSPS) is 9.82. The van der Waals surface area contributed by atoms with E-state index in [9.17, 15) is 9.59 Å². The van der Waals surface area contributed by atoms with Gasteiger partial charge in [-0.2, -0.15) is 0 Å². The van der Waals surface area contributed by atoms with Crippen molar-refractivity contribution in [3.8, 4) is 0 Å². The zero-order valence-electron chi connectivity index (χ0n) is 10.5. The number of benzene rings is 1. The zero-order valence-corrected chi connectivity index (χ0v) is 10.5. The highest BCUT2D eigenvalue weighted by Crippen LogP contribution is 2.21. The van der Waals surface area contributed by atoms with Crippen LogP contribution in [-0.2, 0) is 16.0 Å². The first-order valence-electron chi connectivity index (χ1n) is 5.77. The number of rotatable bonds is 4. The molecule has 0 atom stereocenters. The third-order valence-corrected chi connectivity index (χ3v) is 2.41. The molecular formula is C13H18N2O2. The SMILES string of the molecule is CCC(=O)Nc1cc(NC(C)=O)ccc1CC. The molecule has 2 N–H and O–H groups in total. The fraction of sp³-hybridized carbons (Fsp3) is 0.385. The summed E-state index contributed by atoms with van der Waals surface area (Å²) in [7, 11) is 0. The summed E-state index contributed by atoms with van der Waals surface area (Å²) in [5.41, 5.74) is 2.52. The molecule has 0 saturated heterocycles. The molecule has 0 aliphatic heterocycles. The van der Waals surface area contributed by atoms with Crippen LogP contribution >= 0.6 is 0 Å². The maximum atomic E-state index is 11.4. The van der Waals surface area contributed by atoms with E-state index in [0.717, 1.165) is 17.7 Å². The Bertz CT molecular complexity index is 427. The minimum atomic E-state index is -0.123. The third kappa shape index (κ3) is 3.90. The molecule has 0 saturated carbocycles. The Balaban J connectivity index is 2.97. The predicted molar refractivity (Wildman–Crippen MR) is 69.0 cm³/mol. The average molecular weight is 234 g/mol. The number of anilines is 2. The molecule has 0 aromatic heterocycles. The monoisotopic (exact) mass is 234 g/mol. The molecule has 0 bridgehead atoms. The van der Waals surface area contributed by atoms with Gasteiger partial charge in [-0.3, -0.25) is 9.59 Å². The lowest BCUT2D eigenvalue weighted by atomic mass is 10.1. The average Bonchev–Trinajstić information content (AvgIpc) is 2.28. The summed E-state index contributed by atoms with van der Waals surface area (Å²) in [4.78, 5) is 22.3. The number of nitrogens with one attached hydrogen (secondary N) is 2. The maximum absolute atomic E-state index is 11.4. The summed E-state index contributed by atoms with van der Waals surface area (Å²) in [6, 6.07) is 5.53. The van der Waals surface area contributed by atoms with Crippen molar-refractivity contribution in [1.29, 1.82) is 0 Å². The van der Waals surface area contributed by atoms with Gasteiger partial charge in [0, 0.05) is 24.7 Å². The van der Waals surface area contributed by atoms with Crippen molar-refractivity contribution in [2.75, 3.05) is 10.6 Å². The Labute approximate surface area is 101 Å². The van der Waals surface area contributed by atoms with Crippen LogP contribution in [0.3, 0.4) is 0 Å². The zero-order chi connectivity index (χ0) is 12.8. The molecule has 4 heteroatoms. The summed E-state index contributed by atoms with van der Waals surface area (Å²) in [5.74, 6) is -0.151. The highest BCUT2D eigenvalue weighted by Gasteiger charge is 2.06. The minimum Gasteiger partial charge on any atom is -0.326 e. The molecule has 2 amide bonds. The number of hydrogen-bond donors (Lipinski definition) is 2. The Morgan fingerprint density at radius 2 is 1.88 bits per heavy atom. The molecule has 0 spiro atoms. The van der Waals surface area contributed by atoms with E-state index < -0.39 is 0 Å². The van der Waals surface area contributed by atoms with E-state index >= 15 is 0 Å². The molecule has 0 aliphatic rings. The molecule has 0 radical (unpaired) electrons. The molecule has 4 nitrogen and oxygen atoms in total. The lowest BCUT2D eigenvalue weighted by Gasteiger charge is -2.11. The molecule has 0 heterocycles. The van der Waals surface area contributed by atoms with Crippen molar-refractivity contribution >= 4 is 23.2 Å². The second-order valence-electron chi connectivity index (χ2n) is 3.81. The molecule has 1 aromatic rings. The predicted octanol–water partition coefficient (Wildman–Crippen LogP) is 2.56. The maximum Gasteiger partial charge on any atom is 0.224 e. The molecule has 1 rings (SSSR count). The first kappa shape index (κ1) is 13.2. The summed E-state index contributed by atoms with van der Waals surface area (Å²) >= 11 is 0. The summed E-state index contributed by atoms with van der Waals surface area (Å²) in [6.45, 7) is 5.28. The van der Waals surface area contributed by atoms with Gasteiger partial charge in [-0.05, 0) is 24.1 Å². The van der Waals surface area contributed by atoms with Gasteiger partial charge < -0.3 is 10.6 Å². The lowest BCUT2D eigenvalue weighted by molar-refractivity contribution is -0.116. The van der Waals surface area contributed by atoms with Crippen molar-refractivity contribution in [2.24, 2.45) is 0 Å². The highest BCUT2D eigenvalue weighted by molar-refractivity contribution is 5.94. The van der Waals surface area contributed by atoms with E-state index in [2.05, 4.69) is 10.6 Å². The summed E-state index contributed by atoms with van der Waals surface area (Å²) in [6.07, 6.45) is 1.27. The molecule has 92 valence electrons. The van der Waals surface area contributed by atoms with E-state index in [1.807, 2.05) is 19.1 Å². The van der Waals surface area contributed by atoms with Gasteiger partial charge >= 0.3 is 0 Å². The molecule has 0 unspecified atom stereocenters. The quantitative estimate of drug-likeness (QED) is 0.841. The van der Waals surface area contributed by atoms with Gasteiger partial charge in [-0.25, -0.2) is 0 Å². The molecule has 0 fully saturated rings. The minimum absolute atomic E-state index is 0.0281. The largest absolute Gasteiger partial charge is 0.326 e. The van der Waals surface area contributed by atoms with Gasteiger partial charge in [0.05, 0.1) is 0 Å². The van der Waals surface area contributed by atoms with Crippen LogP contribution in [0.15, 0.2) is 18.2 Å². The van der Waals surface area contributed by atoms with Crippen molar-refractivity contribution in [1.82, 2.24) is 0 Å². The van der Waals surface area contributed by atoms with Gasteiger partial charge in [0.15, 0.2) is 0 Å². The Morgan fingerprint density at radius 3 is 2.41 bits per heavy atom.